The quantitative estimate of drug-likeness (QED) is 0.795. The predicted octanol–water partition coefficient (Wildman–Crippen LogP) is 0.818. The number of nitrogens with zero attached hydrogens (tertiary/aromatic N) is 2. The SMILES string of the molecule is Cc1cnc(C(=O)N[C@@H]2CCCC[C@H]2O)cn1. The maximum Gasteiger partial charge on any atom is 0.271 e. The summed E-state index contributed by atoms with van der Waals surface area (Å²) in [7, 11) is 0. The molecule has 1 aliphatic carbocycles. The Morgan fingerprint density at radius 2 is 2.12 bits per heavy atom. The minimum atomic E-state index is -0.439. The van der Waals surface area contributed by atoms with E-state index in [9.17, 15) is 9.90 Å². The summed E-state index contributed by atoms with van der Waals surface area (Å²) in [5.74, 6) is -0.261. The maximum atomic E-state index is 11.8. The highest BCUT2D eigenvalue weighted by atomic mass is 16.3. The van der Waals surface area contributed by atoms with E-state index in [1.54, 1.807) is 6.20 Å². The van der Waals surface area contributed by atoms with Crippen molar-refractivity contribution in [3.63, 3.8) is 0 Å². The molecular formula is C12H17N3O2. The number of aromatic nitrogens is 2. The van der Waals surface area contributed by atoms with Crippen LogP contribution >= 0.6 is 0 Å². The Hall–Kier alpha value is -1.49. The van der Waals surface area contributed by atoms with Gasteiger partial charge in [0.05, 0.1) is 24.0 Å². The standard InChI is InChI=1S/C12H17N3O2/c1-8-6-14-10(7-13-8)12(17)15-9-4-2-3-5-11(9)16/h6-7,9,11,16H,2-5H2,1H3,(H,15,17)/t9-,11-/m1/s1. The van der Waals surface area contributed by atoms with Crippen LogP contribution in [0.15, 0.2) is 12.4 Å². The predicted molar refractivity (Wildman–Crippen MR) is 62.5 cm³/mol. The summed E-state index contributed by atoms with van der Waals surface area (Å²) in [6, 6.07) is -0.153. The molecular weight excluding hydrogens is 218 g/mol. The lowest BCUT2D eigenvalue weighted by atomic mass is 9.92. The maximum absolute atomic E-state index is 11.8. The van der Waals surface area contributed by atoms with Gasteiger partial charge in [-0.15, -0.1) is 0 Å². The lowest BCUT2D eigenvalue weighted by Crippen LogP contribution is -2.45. The Kier molecular flexibility index (Phi) is 3.68. The number of hydrogen-bond acceptors (Lipinski definition) is 4. The zero-order valence-electron chi connectivity index (χ0n) is 9.89. The monoisotopic (exact) mass is 235 g/mol. The van der Waals surface area contributed by atoms with Crippen molar-refractivity contribution in [3.05, 3.63) is 23.8 Å². The molecule has 1 aliphatic rings. The molecule has 2 atom stereocenters. The number of carbonyl (C=O) groups excluding carboxylic acids is 1. The summed E-state index contributed by atoms with van der Waals surface area (Å²) in [4.78, 5) is 19.9. The zero-order chi connectivity index (χ0) is 12.3. The van der Waals surface area contributed by atoms with Crippen LogP contribution in [0.1, 0.15) is 41.9 Å². The summed E-state index contributed by atoms with van der Waals surface area (Å²) >= 11 is 0. The van der Waals surface area contributed by atoms with Crippen LogP contribution in [0.4, 0.5) is 0 Å². The molecule has 1 saturated carbocycles. The fourth-order valence-corrected chi connectivity index (χ4v) is 2.03. The molecule has 0 bridgehead atoms. The summed E-state index contributed by atoms with van der Waals surface area (Å²) < 4.78 is 0. The number of carbonyl (C=O) groups is 1. The second-order valence-electron chi connectivity index (χ2n) is 4.47. The molecule has 0 aliphatic heterocycles. The fourth-order valence-electron chi connectivity index (χ4n) is 2.03. The van der Waals surface area contributed by atoms with Crippen molar-refractivity contribution in [1.82, 2.24) is 15.3 Å². The van der Waals surface area contributed by atoms with E-state index < -0.39 is 6.10 Å². The molecule has 5 heteroatoms. The molecule has 1 heterocycles. The number of nitrogens with one attached hydrogen (secondary N) is 1. The average molecular weight is 235 g/mol. The van der Waals surface area contributed by atoms with Crippen molar-refractivity contribution in [2.45, 2.75) is 44.8 Å². The van der Waals surface area contributed by atoms with Gasteiger partial charge in [-0.1, -0.05) is 12.8 Å². The summed E-state index contributed by atoms with van der Waals surface area (Å²) in [5.41, 5.74) is 1.08. The van der Waals surface area contributed by atoms with Crippen LogP contribution in [-0.2, 0) is 0 Å². The molecule has 1 amide bonds. The molecule has 0 saturated heterocycles. The van der Waals surface area contributed by atoms with Crippen molar-refractivity contribution >= 4 is 5.91 Å². The van der Waals surface area contributed by atoms with Gasteiger partial charge in [0.25, 0.3) is 5.91 Å². The Balaban J connectivity index is 1.98. The van der Waals surface area contributed by atoms with E-state index in [0.717, 1.165) is 31.4 Å². The first kappa shape index (κ1) is 12.0. The first-order valence-electron chi connectivity index (χ1n) is 5.94. The summed E-state index contributed by atoms with van der Waals surface area (Å²) in [5, 5.41) is 12.6. The van der Waals surface area contributed by atoms with Gasteiger partial charge in [-0.3, -0.25) is 9.78 Å². The summed E-state index contributed by atoms with van der Waals surface area (Å²) in [6.07, 6.45) is 6.23. The van der Waals surface area contributed by atoms with Gasteiger partial charge >= 0.3 is 0 Å². The smallest absolute Gasteiger partial charge is 0.271 e. The third-order valence-electron chi connectivity index (χ3n) is 3.06. The van der Waals surface area contributed by atoms with E-state index in [4.69, 9.17) is 0 Å². The van der Waals surface area contributed by atoms with Crippen molar-refractivity contribution in [2.75, 3.05) is 0 Å². The molecule has 0 aromatic carbocycles. The Morgan fingerprint density at radius 1 is 1.35 bits per heavy atom. The molecule has 0 radical (unpaired) electrons. The largest absolute Gasteiger partial charge is 0.391 e. The minimum Gasteiger partial charge on any atom is -0.391 e. The molecule has 1 fully saturated rings. The minimum absolute atomic E-state index is 0.153. The second-order valence-corrected chi connectivity index (χ2v) is 4.47. The fraction of sp³-hybridized carbons (Fsp3) is 0.583. The van der Waals surface area contributed by atoms with E-state index in [1.165, 1.54) is 6.20 Å². The van der Waals surface area contributed by atoms with Crippen molar-refractivity contribution < 1.29 is 9.90 Å². The van der Waals surface area contributed by atoms with Crippen LogP contribution in [-0.4, -0.2) is 33.1 Å². The van der Waals surface area contributed by atoms with Gasteiger partial charge in [-0.05, 0) is 19.8 Å². The Bertz CT molecular complexity index is 391. The van der Waals surface area contributed by atoms with Crippen LogP contribution in [0.5, 0.6) is 0 Å². The Morgan fingerprint density at radius 3 is 2.76 bits per heavy atom. The molecule has 0 spiro atoms. The first-order valence-corrected chi connectivity index (χ1v) is 5.94. The third-order valence-corrected chi connectivity index (χ3v) is 3.06. The number of hydrogen-bond donors (Lipinski definition) is 2. The second kappa shape index (κ2) is 5.23. The van der Waals surface area contributed by atoms with Gasteiger partial charge < -0.3 is 10.4 Å². The van der Waals surface area contributed by atoms with Gasteiger partial charge in [-0.2, -0.15) is 0 Å². The molecule has 2 rings (SSSR count). The number of aliphatic hydroxyl groups excluding tert-OH is 1. The third kappa shape index (κ3) is 3.00. The van der Waals surface area contributed by atoms with Crippen LogP contribution in [0.3, 0.4) is 0 Å². The van der Waals surface area contributed by atoms with Crippen molar-refractivity contribution in [1.29, 1.82) is 0 Å². The highest BCUT2D eigenvalue weighted by molar-refractivity contribution is 5.92. The number of aryl methyl sites for hydroxylation is 1. The van der Waals surface area contributed by atoms with Crippen molar-refractivity contribution in [2.24, 2.45) is 0 Å². The molecule has 2 N–H and O–H groups in total. The molecule has 5 nitrogen and oxygen atoms in total. The van der Waals surface area contributed by atoms with E-state index in [2.05, 4.69) is 15.3 Å². The van der Waals surface area contributed by atoms with E-state index in [-0.39, 0.29) is 11.9 Å². The van der Waals surface area contributed by atoms with Crippen LogP contribution < -0.4 is 5.32 Å². The van der Waals surface area contributed by atoms with Gasteiger partial charge in [-0.25, -0.2) is 4.98 Å². The van der Waals surface area contributed by atoms with Gasteiger partial charge in [0.15, 0.2) is 0 Å². The lowest BCUT2D eigenvalue weighted by Gasteiger charge is -2.28. The number of amides is 1. The molecule has 17 heavy (non-hydrogen) atoms. The van der Waals surface area contributed by atoms with Crippen LogP contribution in [0, 0.1) is 6.92 Å². The first-order chi connectivity index (χ1) is 8.16. The zero-order valence-corrected chi connectivity index (χ0v) is 9.89. The van der Waals surface area contributed by atoms with E-state index >= 15 is 0 Å². The van der Waals surface area contributed by atoms with Crippen molar-refractivity contribution in [3.8, 4) is 0 Å². The molecule has 92 valence electrons. The van der Waals surface area contributed by atoms with Gasteiger partial charge in [0, 0.05) is 6.20 Å². The van der Waals surface area contributed by atoms with Crippen LogP contribution in [0.2, 0.25) is 0 Å². The topological polar surface area (TPSA) is 75.1 Å². The Labute approximate surface area is 100 Å². The number of rotatable bonds is 2. The molecule has 1 aromatic heterocycles. The highest BCUT2D eigenvalue weighted by Gasteiger charge is 2.25. The normalized spacial score (nSPS) is 24.4. The van der Waals surface area contributed by atoms with E-state index in [0.29, 0.717) is 5.69 Å². The van der Waals surface area contributed by atoms with Crippen LogP contribution in [0.25, 0.3) is 0 Å². The average Bonchev–Trinajstić information content (AvgIpc) is 2.33. The highest BCUT2D eigenvalue weighted by Crippen LogP contribution is 2.18. The van der Waals surface area contributed by atoms with Gasteiger partial charge in [0.2, 0.25) is 0 Å². The molecule has 1 aromatic rings. The van der Waals surface area contributed by atoms with Gasteiger partial charge in [0.1, 0.15) is 5.69 Å². The lowest BCUT2D eigenvalue weighted by molar-refractivity contribution is 0.0713. The van der Waals surface area contributed by atoms with E-state index in [1.807, 2.05) is 6.92 Å². The summed E-state index contributed by atoms with van der Waals surface area (Å²) in [6.45, 7) is 1.82. The number of aliphatic hydroxyl groups is 1. The molecule has 0 unspecified atom stereocenters.